The summed E-state index contributed by atoms with van der Waals surface area (Å²) in [6.45, 7) is 7.10. The van der Waals surface area contributed by atoms with Crippen molar-refractivity contribution in [3.63, 3.8) is 0 Å². The van der Waals surface area contributed by atoms with Crippen molar-refractivity contribution in [3.05, 3.63) is 29.6 Å². The van der Waals surface area contributed by atoms with Gasteiger partial charge in [-0.3, -0.25) is 9.69 Å². The quantitative estimate of drug-likeness (QED) is 0.646. The standard InChI is InChI=1S/C22H28N4O5S/c1-4-29-16-6-5-15(13-17(16)28-3)18(19-20(27)26-21(32-19)23-14(2)24-26)25-9-7-22(8-10-25)30-11-12-31-22/h5-6,13,18-19H,4,7-12H2,1-3H3. The number of likely N-dealkylation sites (tertiary alicyclic amines) is 1. The highest BCUT2D eigenvalue weighted by Crippen LogP contribution is 2.45. The molecule has 0 bridgehead atoms. The van der Waals surface area contributed by atoms with Crippen LogP contribution in [0.4, 0.5) is 0 Å². The minimum absolute atomic E-state index is 0.0443. The Bertz CT molecular complexity index is 996. The number of benzene rings is 1. The average Bonchev–Trinajstić information content (AvgIpc) is 3.48. The van der Waals surface area contributed by atoms with Gasteiger partial charge in [-0.1, -0.05) is 17.8 Å². The number of hydrogen-bond acceptors (Lipinski definition) is 9. The van der Waals surface area contributed by atoms with Gasteiger partial charge in [0.25, 0.3) is 5.91 Å². The number of methoxy groups -OCH3 is 1. The first-order chi connectivity index (χ1) is 15.5. The Morgan fingerprint density at radius 2 is 2.00 bits per heavy atom. The van der Waals surface area contributed by atoms with Crippen molar-refractivity contribution in [1.82, 2.24) is 19.7 Å². The third kappa shape index (κ3) is 3.79. The molecule has 2 aromatic rings. The van der Waals surface area contributed by atoms with Gasteiger partial charge in [0.1, 0.15) is 11.1 Å². The van der Waals surface area contributed by atoms with Crippen LogP contribution in [0.1, 0.15) is 42.0 Å². The highest BCUT2D eigenvalue weighted by atomic mass is 32.2. The van der Waals surface area contributed by atoms with Gasteiger partial charge in [0.2, 0.25) is 0 Å². The molecule has 0 saturated carbocycles. The zero-order valence-electron chi connectivity index (χ0n) is 18.6. The molecule has 2 atom stereocenters. The Hall–Kier alpha value is -2.14. The van der Waals surface area contributed by atoms with Crippen LogP contribution in [0.5, 0.6) is 11.5 Å². The van der Waals surface area contributed by atoms with E-state index in [0.717, 1.165) is 31.5 Å². The van der Waals surface area contributed by atoms with Crippen molar-refractivity contribution >= 4 is 17.7 Å². The molecular formula is C22H28N4O5S. The van der Waals surface area contributed by atoms with E-state index in [0.29, 0.717) is 42.3 Å². The molecule has 1 aromatic heterocycles. The predicted octanol–water partition coefficient (Wildman–Crippen LogP) is 2.69. The highest BCUT2D eigenvalue weighted by Gasteiger charge is 2.47. The number of thioether (sulfide) groups is 1. The molecule has 172 valence electrons. The molecule has 32 heavy (non-hydrogen) atoms. The maximum absolute atomic E-state index is 13.3. The number of ether oxygens (including phenoxy) is 4. The zero-order chi connectivity index (χ0) is 22.3. The third-order valence-corrected chi connectivity index (χ3v) is 7.44. The SMILES string of the molecule is CCOc1ccc(C(C2Sc3nc(C)nn3C2=O)N2CCC3(CC2)OCCO3)cc1OC. The fourth-order valence-electron chi connectivity index (χ4n) is 4.75. The predicted molar refractivity (Wildman–Crippen MR) is 117 cm³/mol. The molecule has 2 fully saturated rings. The molecule has 0 N–H and O–H groups in total. The van der Waals surface area contributed by atoms with E-state index >= 15 is 0 Å². The highest BCUT2D eigenvalue weighted by molar-refractivity contribution is 8.00. The van der Waals surface area contributed by atoms with Gasteiger partial charge in [0.15, 0.2) is 22.4 Å². The van der Waals surface area contributed by atoms with E-state index in [4.69, 9.17) is 18.9 Å². The summed E-state index contributed by atoms with van der Waals surface area (Å²) >= 11 is 1.48. The molecule has 0 aliphatic carbocycles. The Morgan fingerprint density at radius 3 is 2.66 bits per heavy atom. The van der Waals surface area contributed by atoms with Crippen molar-refractivity contribution in [2.75, 3.05) is 40.0 Å². The number of carbonyl (C=O) groups excluding carboxylic acids is 1. The van der Waals surface area contributed by atoms with Gasteiger partial charge in [-0.15, -0.1) is 5.10 Å². The molecule has 1 spiro atoms. The average molecular weight is 461 g/mol. The molecule has 2 saturated heterocycles. The molecule has 3 aliphatic rings. The number of aryl methyl sites for hydroxylation is 1. The lowest BCUT2D eigenvalue weighted by Crippen LogP contribution is -2.49. The van der Waals surface area contributed by atoms with Gasteiger partial charge in [-0.05, 0) is 31.5 Å². The third-order valence-electron chi connectivity index (χ3n) is 6.25. The van der Waals surface area contributed by atoms with Gasteiger partial charge in [-0.2, -0.15) is 4.68 Å². The first-order valence-corrected chi connectivity index (χ1v) is 11.9. The topological polar surface area (TPSA) is 87.9 Å². The number of carbonyl (C=O) groups is 1. The number of piperidine rings is 1. The summed E-state index contributed by atoms with van der Waals surface area (Å²) in [5, 5.41) is 4.60. The molecule has 9 nitrogen and oxygen atoms in total. The van der Waals surface area contributed by atoms with Crippen LogP contribution in [0.3, 0.4) is 0 Å². The summed E-state index contributed by atoms with van der Waals surface area (Å²) in [5.41, 5.74) is 1.00. The fraction of sp³-hybridized carbons (Fsp3) is 0.591. The van der Waals surface area contributed by atoms with Crippen molar-refractivity contribution in [2.24, 2.45) is 0 Å². The van der Waals surface area contributed by atoms with E-state index < -0.39 is 5.79 Å². The van der Waals surface area contributed by atoms with Gasteiger partial charge >= 0.3 is 0 Å². The number of nitrogens with zero attached hydrogens (tertiary/aromatic N) is 4. The number of hydrogen-bond donors (Lipinski definition) is 0. The van der Waals surface area contributed by atoms with Crippen LogP contribution < -0.4 is 9.47 Å². The normalized spacial score (nSPS) is 23.5. The van der Waals surface area contributed by atoms with E-state index in [1.165, 1.54) is 16.4 Å². The second kappa shape index (κ2) is 8.66. The summed E-state index contributed by atoms with van der Waals surface area (Å²) in [6.07, 6.45) is 1.54. The molecule has 2 unspecified atom stereocenters. The fourth-order valence-corrected chi connectivity index (χ4v) is 6.05. The second-order valence-electron chi connectivity index (χ2n) is 8.16. The Kier molecular flexibility index (Phi) is 5.87. The lowest BCUT2D eigenvalue weighted by atomic mass is 9.95. The lowest BCUT2D eigenvalue weighted by Gasteiger charge is -2.42. The van der Waals surface area contributed by atoms with Crippen molar-refractivity contribution in [2.45, 2.75) is 48.9 Å². The molecule has 1 aromatic carbocycles. The Morgan fingerprint density at radius 1 is 1.25 bits per heavy atom. The molecule has 0 radical (unpaired) electrons. The van der Waals surface area contributed by atoms with Gasteiger partial charge < -0.3 is 18.9 Å². The maximum atomic E-state index is 13.3. The van der Waals surface area contributed by atoms with E-state index in [1.54, 1.807) is 14.0 Å². The number of rotatable bonds is 6. The van der Waals surface area contributed by atoms with Crippen molar-refractivity contribution < 1.29 is 23.7 Å². The first-order valence-electron chi connectivity index (χ1n) is 11.0. The van der Waals surface area contributed by atoms with Crippen molar-refractivity contribution in [1.29, 1.82) is 0 Å². The Balaban J connectivity index is 1.47. The number of aromatic nitrogens is 3. The maximum Gasteiger partial charge on any atom is 0.264 e. The first kappa shape index (κ1) is 21.7. The molecule has 10 heteroatoms. The molecule has 4 heterocycles. The summed E-state index contributed by atoms with van der Waals surface area (Å²) in [4.78, 5) is 20.1. The smallest absolute Gasteiger partial charge is 0.264 e. The van der Waals surface area contributed by atoms with E-state index in [-0.39, 0.29) is 17.2 Å². The zero-order valence-corrected chi connectivity index (χ0v) is 19.4. The summed E-state index contributed by atoms with van der Waals surface area (Å²) < 4.78 is 24.6. The van der Waals surface area contributed by atoms with Gasteiger partial charge in [0, 0.05) is 25.9 Å². The van der Waals surface area contributed by atoms with Crippen molar-refractivity contribution in [3.8, 4) is 11.5 Å². The molecule has 5 rings (SSSR count). The number of fused-ring (bicyclic) bond motifs is 1. The van der Waals surface area contributed by atoms with E-state index in [1.807, 2.05) is 25.1 Å². The monoisotopic (exact) mass is 460 g/mol. The van der Waals surface area contributed by atoms with Crippen LogP contribution in [0.15, 0.2) is 23.4 Å². The summed E-state index contributed by atoms with van der Waals surface area (Å²) in [5.74, 6) is 1.44. The minimum Gasteiger partial charge on any atom is -0.493 e. The van der Waals surface area contributed by atoms with E-state index in [9.17, 15) is 4.79 Å². The summed E-state index contributed by atoms with van der Waals surface area (Å²) in [7, 11) is 1.63. The summed E-state index contributed by atoms with van der Waals surface area (Å²) in [6, 6.07) is 5.76. The van der Waals surface area contributed by atoms with Gasteiger partial charge in [-0.25, -0.2) is 4.98 Å². The molecule has 3 aliphatic heterocycles. The van der Waals surface area contributed by atoms with Crippen LogP contribution in [0.2, 0.25) is 0 Å². The minimum atomic E-state index is -0.476. The van der Waals surface area contributed by atoms with Crippen LogP contribution >= 0.6 is 11.8 Å². The lowest BCUT2D eigenvalue weighted by molar-refractivity contribution is -0.187. The van der Waals surface area contributed by atoms with E-state index in [2.05, 4.69) is 15.0 Å². The molecule has 0 amide bonds. The van der Waals surface area contributed by atoms with Crippen LogP contribution in [0.25, 0.3) is 0 Å². The van der Waals surface area contributed by atoms with Crippen LogP contribution in [0, 0.1) is 6.92 Å². The Labute approximate surface area is 191 Å². The molecular weight excluding hydrogens is 432 g/mol. The second-order valence-corrected chi connectivity index (χ2v) is 9.27. The largest absolute Gasteiger partial charge is 0.493 e. The van der Waals surface area contributed by atoms with Crippen LogP contribution in [-0.4, -0.2) is 76.6 Å². The van der Waals surface area contributed by atoms with Crippen LogP contribution in [-0.2, 0) is 9.47 Å². The van der Waals surface area contributed by atoms with Gasteiger partial charge in [0.05, 0.1) is 33.0 Å².